The molecule has 1 aromatic rings. The molecular formula is C10H7F3O3S. The summed E-state index contributed by atoms with van der Waals surface area (Å²) in [5.74, 6) is -0.552. The van der Waals surface area contributed by atoms with Gasteiger partial charge in [0.25, 0.3) is 9.84 Å². The summed E-state index contributed by atoms with van der Waals surface area (Å²) in [6, 6.07) is 3.51. The van der Waals surface area contributed by atoms with E-state index in [1.807, 2.05) is 0 Å². The largest absolute Gasteiger partial charge is 0.501 e. The maximum Gasteiger partial charge on any atom is 0.501 e. The summed E-state index contributed by atoms with van der Waals surface area (Å²) >= 11 is 0. The fraction of sp³-hybridized carbons (Fsp3) is 0.300. The van der Waals surface area contributed by atoms with E-state index in [-0.39, 0.29) is 18.4 Å². The predicted octanol–water partition coefficient (Wildman–Crippen LogP) is 2.11. The summed E-state index contributed by atoms with van der Waals surface area (Å²) in [7, 11) is -5.46. The molecule has 7 heteroatoms. The first-order chi connectivity index (χ1) is 7.75. The number of hydrogen-bond donors (Lipinski definition) is 0. The van der Waals surface area contributed by atoms with Crippen LogP contribution >= 0.6 is 0 Å². The molecule has 0 atom stereocenters. The highest BCUT2D eigenvalue weighted by Crippen LogP contribution is 2.36. The van der Waals surface area contributed by atoms with Crippen LogP contribution < -0.4 is 0 Å². The number of hydrogen-bond acceptors (Lipinski definition) is 3. The van der Waals surface area contributed by atoms with Crippen molar-refractivity contribution in [2.24, 2.45) is 0 Å². The van der Waals surface area contributed by atoms with E-state index < -0.39 is 26.0 Å². The molecule has 1 aliphatic rings. The zero-order valence-electron chi connectivity index (χ0n) is 8.41. The summed E-state index contributed by atoms with van der Waals surface area (Å²) in [4.78, 5) is 10.5. The highest BCUT2D eigenvalue weighted by molar-refractivity contribution is 7.92. The van der Waals surface area contributed by atoms with Gasteiger partial charge in [-0.15, -0.1) is 0 Å². The zero-order valence-corrected chi connectivity index (χ0v) is 9.23. The molecule has 3 nitrogen and oxygen atoms in total. The topological polar surface area (TPSA) is 51.2 Å². The van der Waals surface area contributed by atoms with Gasteiger partial charge in [-0.2, -0.15) is 13.2 Å². The molecule has 0 N–H and O–H groups in total. The minimum absolute atomic E-state index is 0.0553. The lowest BCUT2D eigenvalue weighted by Crippen LogP contribution is -2.25. The number of sulfone groups is 1. The minimum atomic E-state index is -5.46. The second kappa shape index (κ2) is 3.56. The lowest BCUT2D eigenvalue weighted by atomic mass is 10.1. The summed E-state index contributed by atoms with van der Waals surface area (Å²) < 4.78 is 59.8. The van der Waals surface area contributed by atoms with Crippen molar-refractivity contribution in [2.45, 2.75) is 23.2 Å². The molecule has 1 aliphatic carbocycles. The molecule has 0 amide bonds. The Balaban J connectivity index is 2.72. The van der Waals surface area contributed by atoms with E-state index in [0.29, 0.717) is 5.56 Å². The van der Waals surface area contributed by atoms with Gasteiger partial charge < -0.3 is 0 Å². The van der Waals surface area contributed by atoms with E-state index in [1.54, 1.807) is 0 Å². The number of carbonyl (C=O) groups excluding carboxylic acids is 1. The fourth-order valence-corrected chi connectivity index (χ4v) is 2.84. The number of alkyl halides is 3. The van der Waals surface area contributed by atoms with Gasteiger partial charge in [-0.25, -0.2) is 8.42 Å². The van der Waals surface area contributed by atoms with Crippen molar-refractivity contribution >= 4 is 15.6 Å². The third kappa shape index (κ3) is 1.74. The highest BCUT2D eigenvalue weighted by atomic mass is 32.2. The number of ketones is 1. The molecule has 0 saturated carbocycles. The van der Waals surface area contributed by atoms with Crippen molar-refractivity contribution in [3.05, 3.63) is 29.3 Å². The molecule has 17 heavy (non-hydrogen) atoms. The average molecular weight is 264 g/mol. The summed E-state index contributed by atoms with van der Waals surface area (Å²) in [6.07, 6.45) is 0.342. The fourth-order valence-electron chi connectivity index (χ4n) is 1.82. The summed E-state index contributed by atoms with van der Waals surface area (Å²) in [6.45, 7) is 0. The van der Waals surface area contributed by atoms with Crippen LogP contribution in [0, 0.1) is 0 Å². The van der Waals surface area contributed by atoms with Gasteiger partial charge in [0.15, 0.2) is 5.78 Å². The molecular weight excluding hydrogens is 257 g/mol. The molecule has 0 spiro atoms. The molecule has 92 valence electrons. The molecule has 1 aromatic carbocycles. The monoisotopic (exact) mass is 264 g/mol. The van der Waals surface area contributed by atoms with E-state index >= 15 is 0 Å². The molecule has 0 unspecified atom stereocenters. The maximum absolute atomic E-state index is 12.4. The van der Waals surface area contributed by atoms with Crippen molar-refractivity contribution in [3.63, 3.8) is 0 Å². The van der Waals surface area contributed by atoms with E-state index in [1.165, 1.54) is 12.1 Å². The number of halogens is 3. The predicted molar refractivity (Wildman–Crippen MR) is 52.3 cm³/mol. The van der Waals surface area contributed by atoms with Crippen LogP contribution in [0.5, 0.6) is 0 Å². The van der Waals surface area contributed by atoms with Crippen LogP contribution in [-0.2, 0) is 16.3 Å². The first kappa shape index (κ1) is 12.1. The average Bonchev–Trinajstić information content (AvgIpc) is 2.59. The molecule has 0 aromatic heterocycles. The number of benzene rings is 1. The zero-order chi connectivity index (χ0) is 12.8. The van der Waals surface area contributed by atoms with Gasteiger partial charge >= 0.3 is 5.51 Å². The van der Waals surface area contributed by atoms with Crippen LogP contribution in [0.1, 0.15) is 22.3 Å². The van der Waals surface area contributed by atoms with Crippen molar-refractivity contribution in [1.29, 1.82) is 0 Å². The quantitative estimate of drug-likeness (QED) is 0.780. The lowest BCUT2D eigenvalue weighted by Gasteiger charge is -2.11. The van der Waals surface area contributed by atoms with E-state index in [0.717, 1.165) is 6.07 Å². The molecule has 0 aliphatic heterocycles. The third-order valence-electron chi connectivity index (χ3n) is 2.61. The first-order valence-electron chi connectivity index (χ1n) is 4.71. The van der Waals surface area contributed by atoms with Crippen LogP contribution in [-0.4, -0.2) is 19.7 Å². The van der Waals surface area contributed by atoms with Crippen molar-refractivity contribution in [1.82, 2.24) is 0 Å². The van der Waals surface area contributed by atoms with Gasteiger partial charge in [-0.3, -0.25) is 4.79 Å². The van der Waals surface area contributed by atoms with Gasteiger partial charge in [0.05, 0.1) is 4.90 Å². The molecule has 0 heterocycles. The summed E-state index contributed by atoms with van der Waals surface area (Å²) in [5.41, 5.74) is -5.32. The number of carbonyl (C=O) groups is 1. The number of fused-ring (bicyclic) bond motifs is 1. The minimum Gasteiger partial charge on any atom is -0.294 e. The van der Waals surface area contributed by atoms with E-state index in [4.69, 9.17) is 0 Å². The molecule has 2 rings (SSSR count). The smallest absolute Gasteiger partial charge is 0.294 e. The van der Waals surface area contributed by atoms with Crippen molar-refractivity contribution < 1.29 is 26.4 Å². The van der Waals surface area contributed by atoms with Crippen molar-refractivity contribution in [3.8, 4) is 0 Å². The standard InChI is InChI=1S/C10H7F3O3S/c11-10(12,13)17(15,16)8-3-1-2-6-4-5-7(14)9(6)8/h1-3H,4-5H2. The van der Waals surface area contributed by atoms with Crippen molar-refractivity contribution in [2.75, 3.05) is 0 Å². The Bertz CT molecular complexity index is 587. The van der Waals surface area contributed by atoms with E-state index in [2.05, 4.69) is 0 Å². The van der Waals surface area contributed by atoms with Gasteiger partial charge in [0.1, 0.15) is 0 Å². The van der Waals surface area contributed by atoms with Crippen LogP contribution in [0.4, 0.5) is 13.2 Å². The Morgan fingerprint density at radius 3 is 2.35 bits per heavy atom. The lowest BCUT2D eigenvalue weighted by molar-refractivity contribution is -0.0436. The van der Waals surface area contributed by atoms with Gasteiger partial charge in [-0.05, 0) is 18.1 Å². The Morgan fingerprint density at radius 1 is 1.12 bits per heavy atom. The van der Waals surface area contributed by atoms with Crippen LogP contribution in [0.3, 0.4) is 0 Å². The van der Waals surface area contributed by atoms with Gasteiger partial charge in [0.2, 0.25) is 0 Å². The normalized spacial score (nSPS) is 16.1. The number of rotatable bonds is 1. The van der Waals surface area contributed by atoms with Gasteiger partial charge in [-0.1, -0.05) is 12.1 Å². The van der Waals surface area contributed by atoms with Crippen LogP contribution in [0.2, 0.25) is 0 Å². The first-order valence-corrected chi connectivity index (χ1v) is 6.20. The Hall–Kier alpha value is -1.37. The second-order valence-electron chi connectivity index (χ2n) is 3.66. The Labute approximate surface area is 95.2 Å². The van der Waals surface area contributed by atoms with Gasteiger partial charge in [0, 0.05) is 12.0 Å². The molecule has 0 radical (unpaired) electrons. The second-order valence-corrected chi connectivity index (χ2v) is 5.57. The number of aryl methyl sites for hydroxylation is 1. The maximum atomic E-state index is 12.4. The SMILES string of the molecule is O=C1CCc2cccc(S(=O)(=O)C(F)(F)F)c21. The molecule has 0 bridgehead atoms. The summed E-state index contributed by atoms with van der Waals surface area (Å²) in [5, 5.41) is 0. The van der Waals surface area contributed by atoms with Crippen LogP contribution in [0.15, 0.2) is 23.1 Å². The Morgan fingerprint density at radius 2 is 1.76 bits per heavy atom. The number of Topliss-reactive ketones (excluding diaryl/α,β-unsaturated/α-hetero) is 1. The van der Waals surface area contributed by atoms with E-state index in [9.17, 15) is 26.4 Å². The molecule has 0 fully saturated rings. The third-order valence-corrected chi connectivity index (χ3v) is 4.14. The van der Waals surface area contributed by atoms with Crippen LogP contribution in [0.25, 0.3) is 0 Å². The Kier molecular flexibility index (Phi) is 2.53. The highest BCUT2D eigenvalue weighted by Gasteiger charge is 2.49. The molecule has 0 saturated heterocycles.